The van der Waals surface area contributed by atoms with Crippen LogP contribution in [0.1, 0.15) is 31.6 Å². The fourth-order valence-corrected chi connectivity index (χ4v) is 2.50. The molecule has 0 spiro atoms. The number of imidazole rings is 1. The summed E-state index contributed by atoms with van der Waals surface area (Å²) in [6.07, 6.45) is 5.61. The van der Waals surface area contributed by atoms with Crippen molar-refractivity contribution in [2.45, 2.75) is 32.2 Å². The summed E-state index contributed by atoms with van der Waals surface area (Å²) in [5.74, 6) is 1.46. The molecule has 88 valence electrons. The van der Waals surface area contributed by atoms with Crippen LogP contribution in [-0.4, -0.2) is 14.7 Å². The molecule has 0 bridgehead atoms. The Morgan fingerprint density at radius 1 is 1.41 bits per heavy atom. The topological polar surface area (TPSA) is 38.1 Å². The van der Waals surface area contributed by atoms with Crippen molar-refractivity contribution in [3.63, 3.8) is 0 Å². The quantitative estimate of drug-likeness (QED) is 0.814. The highest BCUT2D eigenvalue weighted by Gasteiger charge is 2.18. The molecule has 1 unspecified atom stereocenters. The van der Waals surface area contributed by atoms with Gasteiger partial charge in [0.15, 0.2) is 0 Å². The van der Waals surface area contributed by atoms with Gasteiger partial charge in [-0.15, -0.1) is 0 Å². The lowest BCUT2D eigenvalue weighted by Gasteiger charge is -2.20. The average molecular weight is 228 g/mol. The number of aromatic hydroxyl groups is 1. The largest absolute Gasteiger partial charge is 0.508 e. The SMILES string of the molecule is CC1CCCc2nc(-c3cccc(O)c3)cn21. The lowest BCUT2D eigenvalue weighted by atomic mass is 10.1. The molecule has 1 aliphatic rings. The number of fused-ring (bicyclic) bond motifs is 1. The number of phenols is 1. The molecule has 0 radical (unpaired) electrons. The van der Waals surface area contributed by atoms with Gasteiger partial charge in [0.2, 0.25) is 0 Å². The molecular formula is C14H16N2O. The number of nitrogens with zero attached hydrogens (tertiary/aromatic N) is 2. The molecule has 0 fully saturated rings. The second kappa shape index (κ2) is 3.91. The highest BCUT2D eigenvalue weighted by atomic mass is 16.3. The summed E-state index contributed by atoms with van der Waals surface area (Å²) in [7, 11) is 0. The van der Waals surface area contributed by atoms with Crippen LogP contribution in [-0.2, 0) is 6.42 Å². The molecule has 0 saturated carbocycles. The molecule has 0 saturated heterocycles. The Morgan fingerprint density at radius 3 is 3.06 bits per heavy atom. The van der Waals surface area contributed by atoms with Crippen LogP contribution in [0.2, 0.25) is 0 Å². The van der Waals surface area contributed by atoms with Crippen LogP contribution < -0.4 is 0 Å². The minimum Gasteiger partial charge on any atom is -0.508 e. The Kier molecular flexibility index (Phi) is 2.39. The minimum atomic E-state index is 0.293. The van der Waals surface area contributed by atoms with E-state index >= 15 is 0 Å². The second-order valence-electron chi connectivity index (χ2n) is 4.74. The molecule has 17 heavy (non-hydrogen) atoms. The number of hydrogen-bond acceptors (Lipinski definition) is 2. The summed E-state index contributed by atoms with van der Waals surface area (Å²) in [5, 5.41) is 9.49. The van der Waals surface area contributed by atoms with Crippen molar-refractivity contribution in [1.82, 2.24) is 9.55 Å². The standard InChI is InChI=1S/C14H16N2O/c1-10-4-2-7-14-15-13(9-16(10)14)11-5-3-6-12(17)8-11/h3,5-6,8-10,17H,2,4,7H2,1H3. The molecule has 3 nitrogen and oxygen atoms in total. The molecule has 3 rings (SSSR count). The summed E-state index contributed by atoms with van der Waals surface area (Å²) in [6.45, 7) is 2.23. The van der Waals surface area contributed by atoms with E-state index in [1.165, 1.54) is 18.7 Å². The van der Waals surface area contributed by atoms with Gasteiger partial charge in [-0.25, -0.2) is 4.98 Å². The van der Waals surface area contributed by atoms with Gasteiger partial charge in [0, 0.05) is 24.2 Å². The molecule has 1 aliphatic heterocycles. The van der Waals surface area contributed by atoms with E-state index in [9.17, 15) is 5.11 Å². The molecule has 2 aromatic rings. The molecule has 3 heteroatoms. The van der Waals surface area contributed by atoms with Crippen molar-refractivity contribution in [3.8, 4) is 17.0 Å². The molecule has 2 heterocycles. The first-order valence-electron chi connectivity index (χ1n) is 6.11. The summed E-state index contributed by atoms with van der Waals surface area (Å²) in [4.78, 5) is 4.66. The number of benzene rings is 1. The average Bonchev–Trinajstić information content (AvgIpc) is 2.74. The maximum Gasteiger partial charge on any atom is 0.116 e. The first-order valence-corrected chi connectivity index (χ1v) is 6.11. The van der Waals surface area contributed by atoms with Gasteiger partial charge < -0.3 is 9.67 Å². The van der Waals surface area contributed by atoms with Crippen LogP contribution in [0.4, 0.5) is 0 Å². The summed E-state index contributed by atoms with van der Waals surface area (Å²) < 4.78 is 2.27. The van der Waals surface area contributed by atoms with E-state index in [2.05, 4.69) is 22.7 Å². The van der Waals surface area contributed by atoms with Gasteiger partial charge in [-0.3, -0.25) is 0 Å². The molecule has 1 atom stereocenters. The molecule has 0 amide bonds. The predicted octanol–water partition coefficient (Wildman–Crippen LogP) is 3.15. The highest BCUT2D eigenvalue weighted by molar-refractivity contribution is 5.60. The zero-order valence-corrected chi connectivity index (χ0v) is 9.93. The Morgan fingerprint density at radius 2 is 2.29 bits per heavy atom. The first-order chi connectivity index (χ1) is 8.24. The number of aromatic nitrogens is 2. The normalized spacial score (nSPS) is 19.0. The van der Waals surface area contributed by atoms with Crippen molar-refractivity contribution in [3.05, 3.63) is 36.3 Å². The number of phenolic OH excluding ortho intramolecular Hbond substituents is 1. The molecule has 0 aliphatic carbocycles. The van der Waals surface area contributed by atoms with Gasteiger partial charge in [0.1, 0.15) is 11.6 Å². The van der Waals surface area contributed by atoms with Gasteiger partial charge in [-0.1, -0.05) is 12.1 Å². The highest BCUT2D eigenvalue weighted by Crippen LogP contribution is 2.29. The van der Waals surface area contributed by atoms with Crippen LogP contribution in [0, 0.1) is 0 Å². The third-order valence-electron chi connectivity index (χ3n) is 3.45. The van der Waals surface area contributed by atoms with E-state index in [-0.39, 0.29) is 0 Å². The monoisotopic (exact) mass is 228 g/mol. The van der Waals surface area contributed by atoms with Crippen molar-refractivity contribution < 1.29 is 5.11 Å². The van der Waals surface area contributed by atoms with Crippen LogP contribution >= 0.6 is 0 Å². The van der Waals surface area contributed by atoms with E-state index in [0.29, 0.717) is 11.8 Å². The Balaban J connectivity index is 2.05. The van der Waals surface area contributed by atoms with Crippen LogP contribution in [0.3, 0.4) is 0 Å². The van der Waals surface area contributed by atoms with Gasteiger partial charge in [-0.2, -0.15) is 0 Å². The van der Waals surface area contributed by atoms with E-state index in [1.54, 1.807) is 12.1 Å². The van der Waals surface area contributed by atoms with E-state index in [1.807, 2.05) is 12.1 Å². The van der Waals surface area contributed by atoms with Crippen molar-refractivity contribution in [1.29, 1.82) is 0 Å². The Labute approximate surface area is 101 Å². The maximum atomic E-state index is 9.49. The van der Waals surface area contributed by atoms with Gasteiger partial charge in [-0.05, 0) is 31.9 Å². The van der Waals surface area contributed by atoms with Crippen molar-refractivity contribution in [2.24, 2.45) is 0 Å². The third-order valence-corrected chi connectivity index (χ3v) is 3.45. The molecular weight excluding hydrogens is 212 g/mol. The van der Waals surface area contributed by atoms with Crippen molar-refractivity contribution in [2.75, 3.05) is 0 Å². The summed E-state index contributed by atoms with van der Waals surface area (Å²) in [6, 6.07) is 7.82. The van der Waals surface area contributed by atoms with E-state index in [4.69, 9.17) is 0 Å². The van der Waals surface area contributed by atoms with Crippen LogP contribution in [0.25, 0.3) is 11.3 Å². The minimum absolute atomic E-state index is 0.293. The van der Waals surface area contributed by atoms with Gasteiger partial charge in [0.25, 0.3) is 0 Å². The molecule has 1 aromatic carbocycles. The zero-order chi connectivity index (χ0) is 11.8. The predicted molar refractivity (Wildman–Crippen MR) is 67.0 cm³/mol. The fraction of sp³-hybridized carbons (Fsp3) is 0.357. The number of rotatable bonds is 1. The third kappa shape index (κ3) is 1.82. The van der Waals surface area contributed by atoms with E-state index in [0.717, 1.165) is 17.7 Å². The first kappa shape index (κ1) is 10.4. The number of hydrogen-bond donors (Lipinski definition) is 1. The second-order valence-corrected chi connectivity index (χ2v) is 4.74. The Bertz CT molecular complexity index is 545. The van der Waals surface area contributed by atoms with Gasteiger partial charge >= 0.3 is 0 Å². The molecule has 1 aromatic heterocycles. The summed E-state index contributed by atoms with van der Waals surface area (Å²) >= 11 is 0. The van der Waals surface area contributed by atoms with Gasteiger partial charge in [0.05, 0.1) is 5.69 Å². The Hall–Kier alpha value is -1.77. The number of aryl methyl sites for hydroxylation is 1. The lowest BCUT2D eigenvalue weighted by molar-refractivity contribution is 0.426. The van der Waals surface area contributed by atoms with Crippen LogP contribution in [0.15, 0.2) is 30.5 Å². The summed E-state index contributed by atoms with van der Waals surface area (Å²) in [5.41, 5.74) is 1.95. The smallest absolute Gasteiger partial charge is 0.116 e. The lowest BCUT2D eigenvalue weighted by Crippen LogP contribution is -2.14. The fourth-order valence-electron chi connectivity index (χ4n) is 2.50. The van der Waals surface area contributed by atoms with Crippen molar-refractivity contribution >= 4 is 0 Å². The van der Waals surface area contributed by atoms with Crippen LogP contribution in [0.5, 0.6) is 5.75 Å². The molecule has 1 N–H and O–H groups in total. The van der Waals surface area contributed by atoms with E-state index < -0.39 is 0 Å². The zero-order valence-electron chi connectivity index (χ0n) is 9.93. The maximum absolute atomic E-state index is 9.49.